The molecule has 5 nitrogen and oxygen atoms in total. The van der Waals surface area contributed by atoms with Crippen molar-refractivity contribution in [2.24, 2.45) is 0 Å². The normalized spacial score (nSPS) is 14.0. The van der Waals surface area contributed by atoms with E-state index >= 15 is 0 Å². The van der Waals surface area contributed by atoms with Gasteiger partial charge in [-0.2, -0.15) is 0 Å². The van der Waals surface area contributed by atoms with Gasteiger partial charge < -0.3 is 15.1 Å². The smallest absolute Gasteiger partial charge is 0.255 e. The summed E-state index contributed by atoms with van der Waals surface area (Å²) in [5.41, 5.74) is 3.60. The second kappa shape index (κ2) is 8.31. The van der Waals surface area contributed by atoms with Crippen molar-refractivity contribution >= 4 is 23.1 Å². The van der Waals surface area contributed by atoms with Crippen LogP contribution in [0.3, 0.4) is 0 Å². The van der Waals surface area contributed by atoms with Crippen LogP contribution in [-0.4, -0.2) is 42.0 Å². The maximum atomic E-state index is 13.3. The predicted molar refractivity (Wildman–Crippen MR) is 113 cm³/mol. The maximum absolute atomic E-state index is 13.3. The fraction of sp³-hybridized carbons (Fsp3) is 0.217. The molecule has 1 fully saturated rings. The van der Waals surface area contributed by atoms with Gasteiger partial charge in [0.1, 0.15) is 11.6 Å². The lowest BCUT2D eigenvalue weighted by Gasteiger charge is -2.36. The van der Waals surface area contributed by atoms with Crippen molar-refractivity contribution in [3.63, 3.8) is 0 Å². The van der Waals surface area contributed by atoms with Gasteiger partial charge in [-0.1, -0.05) is 18.2 Å². The Labute approximate surface area is 169 Å². The SMILES string of the molecule is Cc1cccc(N2CCN(C(=O)c3ccc(Nc4cccc(F)c4)nc3)CC2)c1. The average molecular weight is 390 g/mol. The average Bonchev–Trinajstić information content (AvgIpc) is 2.74. The minimum atomic E-state index is -0.313. The highest BCUT2D eigenvalue weighted by molar-refractivity contribution is 5.94. The van der Waals surface area contributed by atoms with Gasteiger partial charge in [-0.25, -0.2) is 9.37 Å². The highest BCUT2D eigenvalue weighted by atomic mass is 19.1. The van der Waals surface area contributed by atoms with Gasteiger partial charge in [0.15, 0.2) is 0 Å². The second-order valence-corrected chi connectivity index (χ2v) is 7.19. The molecule has 29 heavy (non-hydrogen) atoms. The van der Waals surface area contributed by atoms with Crippen molar-refractivity contribution < 1.29 is 9.18 Å². The van der Waals surface area contributed by atoms with Crippen LogP contribution in [0.25, 0.3) is 0 Å². The number of aryl methyl sites for hydroxylation is 1. The first-order chi connectivity index (χ1) is 14.1. The van der Waals surface area contributed by atoms with Crippen LogP contribution in [0, 0.1) is 12.7 Å². The van der Waals surface area contributed by atoms with Gasteiger partial charge in [0.2, 0.25) is 0 Å². The van der Waals surface area contributed by atoms with E-state index in [0.717, 1.165) is 13.1 Å². The molecular formula is C23H23FN4O. The Kier molecular flexibility index (Phi) is 5.42. The number of anilines is 3. The highest BCUT2D eigenvalue weighted by Gasteiger charge is 2.22. The van der Waals surface area contributed by atoms with Crippen LogP contribution in [0.2, 0.25) is 0 Å². The predicted octanol–water partition coefficient (Wildman–Crippen LogP) is 4.24. The van der Waals surface area contributed by atoms with Crippen LogP contribution >= 0.6 is 0 Å². The van der Waals surface area contributed by atoms with Crippen LogP contribution in [0.5, 0.6) is 0 Å². The number of halogens is 1. The van der Waals surface area contributed by atoms with E-state index < -0.39 is 0 Å². The summed E-state index contributed by atoms with van der Waals surface area (Å²) >= 11 is 0. The number of piperazine rings is 1. The molecule has 1 aliphatic rings. The van der Waals surface area contributed by atoms with Crippen molar-refractivity contribution in [2.45, 2.75) is 6.92 Å². The molecule has 1 aliphatic heterocycles. The zero-order valence-electron chi connectivity index (χ0n) is 16.3. The molecule has 148 valence electrons. The van der Waals surface area contributed by atoms with E-state index in [1.807, 2.05) is 4.90 Å². The molecule has 1 saturated heterocycles. The van der Waals surface area contributed by atoms with Crippen LogP contribution in [0.4, 0.5) is 21.6 Å². The number of hydrogen-bond acceptors (Lipinski definition) is 4. The van der Waals surface area contributed by atoms with Gasteiger partial charge in [-0.3, -0.25) is 4.79 Å². The number of nitrogens with one attached hydrogen (secondary N) is 1. The van der Waals surface area contributed by atoms with E-state index in [2.05, 4.69) is 46.4 Å². The van der Waals surface area contributed by atoms with E-state index in [9.17, 15) is 9.18 Å². The number of carbonyl (C=O) groups excluding carboxylic acids is 1. The third kappa shape index (κ3) is 4.54. The molecule has 1 N–H and O–H groups in total. The number of benzene rings is 2. The van der Waals surface area contributed by atoms with Crippen LogP contribution in [0.1, 0.15) is 15.9 Å². The van der Waals surface area contributed by atoms with E-state index in [4.69, 9.17) is 0 Å². The van der Waals surface area contributed by atoms with Gasteiger partial charge in [0.05, 0.1) is 5.56 Å². The standard InChI is InChI=1S/C23H23FN4O/c1-17-4-2-7-21(14-17)27-10-12-28(13-11-27)23(29)18-8-9-22(25-16-18)26-20-6-3-5-19(24)15-20/h2-9,14-16H,10-13H2,1H3,(H,25,26). The third-order valence-corrected chi connectivity index (χ3v) is 5.04. The minimum Gasteiger partial charge on any atom is -0.368 e. The Balaban J connectivity index is 1.36. The van der Waals surface area contributed by atoms with Gasteiger partial charge in [-0.05, 0) is 55.0 Å². The summed E-state index contributed by atoms with van der Waals surface area (Å²) in [5, 5.41) is 3.04. The van der Waals surface area contributed by atoms with Crippen molar-refractivity contribution in [3.8, 4) is 0 Å². The number of amides is 1. The lowest BCUT2D eigenvalue weighted by Crippen LogP contribution is -2.48. The summed E-state index contributed by atoms with van der Waals surface area (Å²) in [5.74, 6) is 0.238. The van der Waals surface area contributed by atoms with E-state index in [0.29, 0.717) is 30.2 Å². The molecule has 0 aliphatic carbocycles. The number of carbonyl (C=O) groups is 1. The molecule has 1 aromatic heterocycles. The topological polar surface area (TPSA) is 48.5 Å². The summed E-state index contributed by atoms with van der Waals surface area (Å²) in [6.45, 7) is 5.05. The minimum absolute atomic E-state index is 0.0151. The Hall–Kier alpha value is -3.41. The quantitative estimate of drug-likeness (QED) is 0.724. The zero-order valence-corrected chi connectivity index (χ0v) is 16.3. The van der Waals surface area contributed by atoms with Crippen LogP contribution < -0.4 is 10.2 Å². The molecule has 2 heterocycles. The first kappa shape index (κ1) is 18.9. The Bertz CT molecular complexity index is 998. The number of rotatable bonds is 4. The summed E-state index contributed by atoms with van der Waals surface area (Å²) in [4.78, 5) is 21.3. The largest absolute Gasteiger partial charge is 0.368 e. The Morgan fingerprint density at radius 3 is 2.48 bits per heavy atom. The fourth-order valence-electron chi connectivity index (χ4n) is 3.48. The monoisotopic (exact) mass is 390 g/mol. The molecule has 0 saturated carbocycles. The van der Waals surface area contributed by atoms with Gasteiger partial charge in [0.25, 0.3) is 5.91 Å². The maximum Gasteiger partial charge on any atom is 0.255 e. The molecule has 1 amide bonds. The molecule has 3 aromatic rings. The Morgan fingerprint density at radius 2 is 1.79 bits per heavy atom. The number of nitrogens with zero attached hydrogens (tertiary/aromatic N) is 3. The fourth-order valence-corrected chi connectivity index (χ4v) is 3.48. The molecular weight excluding hydrogens is 367 g/mol. The third-order valence-electron chi connectivity index (χ3n) is 5.04. The molecule has 0 unspecified atom stereocenters. The van der Waals surface area contributed by atoms with Crippen molar-refractivity contribution in [3.05, 3.63) is 83.8 Å². The summed E-state index contributed by atoms with van der Waals surface area (Å²) < 4.78 is 13.3. The molecule has 0 bridgehead atoms. The molecule has 0 spiro atoms. The Morgan fingerprint density at radius 1 is 1.00 bits per heavy atom. The number of hydrogen-bond donors (Lipinski definition) is 1. The highest BCUT2D eigenvalue weighted by Crippen LogP contribution is 2.20. The van der Waals surface area contributed by atoms with Gasteiger partial charge >= 0.3 is 0 Å². The molecule has 2 aromatic carbocycles. The summed E-state index contributed by atoms with van der Waals surface area (Å²) in [7, 11) is 0. The molecule has 0 radical (unpaired) electrons. The number of aromatic nitrogens is 1. The first-order valence-corrected chi connectivity index (χ1v) is 9.68. The van der Waals surface area contributed by atoms with Gasteiger partial charge in [-0.15, -0.1) is 0 Å². The first-order valence-electron chi connectivity index (χ1n) is 9.68. The molecule has 4 rings (SSSR count). The lowest BCUT2D eigenvalue weighted by molar-refractivity contribution is 0.0746. The van der Waals surface area contributed by atoms with E-state index in [1.54, 1.807) is 30.5 Å². The van der Waals surface area contributed by atoms with Crippen molar-refractivity contribution in [1.29, 1.82) is 0 Å². The van der Waals surface area contributed by atoms with E-state index in [1.165, 1.54) is 23.4 Å². The van der Waals surface area contributed by atoms with Crippen LogP contribution in [-0.2, 0) is 0 Å². The second-order valence-electron chi connectivity index (χ2n) is 7.19. The van der Waals surface area contributed by atoms with Crippen LogP contribution in [0.15, 0.2) is 66.9 Å². The summed E-state index contributed by atoms with van der Waals surface area (Å²) in [6, 6.07) is 18.1. The molecule has 0 atom stereocenters. The van der Waals surface area contributed by atoms with Gasteiger partial charge in [0, 0.05) is 43.8 Å². The molecule has 6 heteroatoms. The van der Waals surface area contributed by atoms with E-state index in [-0.39, 0.29) is 11.7 Å². The zero-order chi connectivity index (χ0) is 20.2. The lowest BCUT2D eigenvalue weighted by atomic mass is 10.1. The number of pyridine rings is 1. The van der Waals surface area contributed by atoms with Crippen molar-refractivity contribution in [2.75, 3.05) is 36.4 Å². The summed E-state index contributed by atoms with van der Waals surface area (Å²) in [6.07, 6.45) is 1.57. The van der Waals surface area contributed by atoms with Crippen molar-refractivity contribution in [1.82, 2.24) is 9.88 Å².